The van der Waals surface area contributed by atoms with Crippen LogP contribution in [-0.2, 0) is 6.42 Å². The first-order chi connectivity index (χ1) is 7.48. The third-order valence-electron chi connectivity index (χ3n) is 3.47. The lowest BCUT2D eigenvalue weighted by molar-refractivity contribution is 0.212. The van der Waals surface area contributed by atoms with Gasteiger partial charge in [0, 0.05) is 6.54 Å². The summed E-state index contributed by atoms with van der Waals surface area (Å²) in [6.07, 6.45) is 0.906. The van der Waals surface area contributed by atoms with Crippen LogP contribution in [0.5, 0.6) is 0 Å². The topological polar surface area (TPSA) is 12.0 Å². The monoisotopic (exact) mass is 223 g/mol. The van der Waals surface area contributed by atoms with E-state index >= 15 is 0 Å². The predicted octanol–water partition coefficient (Wildman–Crippen LogP) is 3.25. The first kappa shape index (κ1) is 13.2. The molecule has 0 aliphatic rings. The molecule has 0 aliphatic carbocycles. The smallest absolute Gasteiger partial charge is 0.123 e. The van der Waals surface area contributed by atoms with E-state index < -0.39 is 0 Å². The quantitative estimate of drug-likeness (QED) is 0.808. The molecule has 2 heteroatoms. The van der Waals surface area contributed by atoms with Crippen LogP contribution in [0.1, 0.15) is 26.3 Å². The van der Waals surface area contributed by atoms with Crippen LogP contribution >= 0.6 is 0 Å². The number of nitrogens with one attached hydrogen (secondary N) is 1. The number of halogens is 1. The van der Waals surface area contributed by atoms with Crippen molar-refractivity contribution in [2.75, 3.05) is 13.6 Å². The Morgan fingerprint density at radius 2 is 2.06 bits per heavy atom. The highest BCUT2D eigenvalue weighted by atomic mass is 19.1. The van der Waals surface area contributed by atoms with Crippen LogP contribution in [0, 0.1) is 17.2 Å². The number of hydrogen-bond donors (Lipinski definition) is 1. The summed E-state index contributed by atoms with van der Waals surface area (Å²) in [6, 6.07) is 6.91. The van der Waals surface area contributed by atoms with E-state index in [0.717, 1.165) is 18.5 Å². The second-order valence-electron chi connectivity index (χ2n) is 5.15. The van der Waals surface area contributed by atoms with Crippen molar-refractivity contribution in [2.45, 2.75) is 27.2 Å². The molecule has 0 heterocycles. The van der Waals surface area contributed by atoms with Crippen molar-refractivity contribution in [1.82, 2.24) is 5.32 Å². The van der Waals surface area contributed by atoms with Gasteiger partial charge in [0.25, 0.3) is 0 Å². The van der Waals surface area contributed by atoms with Gasteiger partial charge in [-0.25, -0.2) is 4.39 Å². The molecule has 90 valence electrons. The highest BCUT2D eigenvalue weighted by Gasteiger charge is 2.27. The zero-order valence-corrected chi connectivity index (χ0v) is 10.7. The lowest BCUT2D eigenvalue weighted by Gasteiger charge is -2.34. The maximum absolute atomic E-state index is 13.1. The third kappa shape index (κ3) is 3.31. The minimum Gasteiger partial charge on any atom is -0.319 e. The van der Waals surface area contributed by atoms with Crippen molar-refractivity contribution in [3.8, 4) is 0 Å². The van der Waals surface area contributed by atoms with E-state index in [1.54, 1.807) is 12.1 Å². The summed E-state index contributed by atoms with van der Waals surface area (Å²) in [5.41, 5.74) is 1.24. The fourth-order valence-corrected chi connectivity index (χ4v) is 1.99. The van der Waals surface area contributed by atoms with Crippen molar-refractivity contribution < 1.29 is 4.39 Å². The van der Waals surface area contributed by atoms with Crippen molar-refractivity contribution in [3.63, 3.8) is 0 Å². The van der Waals surface area contributed by atoms with Gasteiger partial charge in [0.2, 0.25) is 0 Å². The highest BCUT2D eigenvalue weighted by Crippen LogP contribution is 2.30. The average Bonchev–Trinajstić information content (AvgIpc) is 2.17. The molecule has 1 atom stereocenters. The molecular formula is C14H22FN. The zero-order valence-electron chi connectivity index (χ0n) is 10.7. The van der Waals surface area contributed by atoms with Crippen molar-refractivity contribution >= 4 is 0 Å². The Balaban J connectivity index is 2.83. The van der Waals surface area contributed by atoms with Crippen LogP contribution in [0.25, 0.3) is 0 Å². The lowest BCUT2D eigenvalue weighted by atomic mass is 9.74. The number of hydrogen-bond acceptors (Lipinski definition) is 1. The molecule has 1 N–H and O–H groups in total. The SMILES string of the molecule is CNCC(C)(Cc1cccc(F)c1)C(C)C. The molecule has 0 saturated heterocycles. The van der Waals surface area contributed by atoms with Crippen LogP contribution in [0.15, 0.2) is 24.3 Å². The van der Waals surface area contributed by atoms with Gasteiger partial charge in [-0.15, -0.1) is 0 Å². The molecule has 0 bridgehead atoms. The molecule has 0 fully saturated rings. The molecule has 1 aromatic rings. The molecule has 0 aliphatic heterocycles. The fourth-order valence-electron chi connectivity index (χ4n) is 1.99. The normalized spacial score (nSPS) is 15.1. The summed E-state index contributed by atoms with van der Waals surface area (Å²) in [7, 11) is 1.96. The van der Waals surface area contributed by atoms with Crippen LogP contribution in [-0.4, -0.2) is 13.6 Å². The second kappa shape index (κ2) is 5.44. The van der Waals surface area contributed by atoms with E-state index in [-0.39, 0.29) is 11.2 Å². The Bertz CT molecular complexity index is 335. The summed E-state index contributed by atoms with van der Waals surface area (Å²) in [5, 5.41) is 3.23. The Hall–Kier alpha value is -0.890. The molecule has 1 aromatic carbocycles. The van der Waals surface area contributed by atoms with E-state index in [1.165, 1.54) is 6.07 Å². The Morgan fingerprint density at radius 3 is 2.56 bits per heavy atom. The summed E-state index contributed by atoms with van der Waals surface area (Å²) in [4.78, 5) is 0. The van der Waals surface area contributed by atoms with Gasteiger partial charge in [-0.1, -0.05) is 32.9 Å². The van der Waals surface area contributed by atoms with Crippen LogP contribution in [0.4, 0.5) is 4.39 Å². The van der Waals surface area contributed by atoms with Gasteiger partial charge in [-0.2, -0.15) is 0 Å². The first-order valence-corrected chi connectivity index (χ1v) is 5.87. The van der Waals surface area contributed by atoms with Gasteiger partial charge >= 0.3 is 0 Å². The molecule has 0 aromatic heterocycles. The molecule has 1 rings (SSSR count). The molecule has 1 unspecified atom stereocenters. The van der Waals surface area contributed by atoms with Crippen molar-refractivity contribution in [2.24, 2.45) is 11.3 Å². The van der Waals surface area contributed by atoms with E-state index in [9.17, 15) is 4.39 Å². The van der Waals surface area contributed by atoms with Crippen LogP contribution in [0.2, 0.25) is 0 Å². The van der Waals surface area contributed by atoms with Crippen LogP contribution in [0.3, 0.4) is 0 Å². The highest BCUT2D eigenvalue weighted by molar-refractivity contribution is 5.18. The van der Waals surface area contributed by atoms with E-state index in [2.05, 4.69) is 26.1 Å². The number of benzene rings is 1. The number of rotatable bonds is 5. The minimum absolute atomic E-state index is 0.145. The molecule has 16 heavy (non-hydrogen) atoms. The summed E-state index contributed by atoms with van der Waals surface area (Å²) >= 11 is 0. The fraction of sp³-hybridized carbons (Fsp3) is 0.571. The maximum Gasteiger partial charge on any atom is 0.123 e. The average molecular weight is 223 g/mol. The molecule has 0 amide bonds. The van der Waals surface area contributed by atoms with E-state index in [0.29, 0.717) is 5.92 Å². The van der Waals surface area contributed by atoms with E-state index in [4.69, 9.17) is 0 Å². The van der Waals surface area contributed by atoms with Gasteiger partial charge in [-0.05, 0) is 42.5 Å². The Labute approximate surface area is 98.1 Å². The molecule has 0 saturated carbocycles. The van der Waals surface area contributed by atoms with Gasteiger partial charge in [-0.3, -0.25) is 0 Å². The van der Waals surface area contributed by atoms with Gasteiger partial charge in [0.1, 0.15) is 5.82 Å². The largest absolute Gasteiger partial charge is 0.319 e. The van der Waals surface area contributed by atoms with Crippen molar-refractivity contribution in [1.29, 1.82) is 0 Å². The second-order valence-corrected chi connectivity index (χ2v) is 5.15. The molecule has 0 radical (unpaired) electrons. The van der Waals surface area contributed by atoms with Gasteiger partial charge < -0.3 is 5.32 Å². The zero-order chi connectivity index (χ0) is 12.2. The van der Waals surface area contributed by atoms with Gasteiger partial charge in [0.15, 0.2) is 0 Å². The Kier molecular flexibility index (Phi) is 4.48. The first-order valence-electron chi connectivity index (χ1n) is 5.87. The standard InChI is InChI=1S/C14H22FN/c1-11(2)14(3,10-16-4)9-12-6-5-7-13(15)8-12/h5-8,11,16H,9-10H2,1-4H3. The molecular weight excluding hydrogens is 201 g/mol. The summed E-state index contributed by atoms with van der Waals surface area (Å²) in [5.74, 6) is 0.413. The predicted molar refractivity (Wildman–Crippen MR) is 67.0 cm³/mol. The van der Waals surface area contributed by atoms with Crippen LogP contribution < -0.4 is 5.32 Å². The third-order valence-corrected chi connectivity index (χ3v) is 3.47. The summed E-state index contributed by atoms with van der Waals surface area (Å²) < 4.78 is 13.1. The van der Waals surface area contributed by atoms with Crippen molar-refractivity contribution in [3.05, 3.63) is 35.6 Å². The summed E-state index contributed by atoms with van der Waals surface area (Å²) in [6.45, 7) is 7.63. The van der Waals surface area contributed by atoms with E-state index in [1.807, 2.05) is 13.1 Å². The maximum atomic E-state index is 13.1. The Morgan fingerprint density at radius 1 is 1.38 bits per heavy atom. The molecule has 1 nitrogen and oxygen atoms in total. The minimum atomic E-state index is -0.145. The molecule has 0 spiro atoms. The van der Waals surface area contributed by atoms with Gasteiger partial charge in [0.05, 0.1) is 0 Å². The lowest BCUT2D eigenvalue weighted by Crippen LogP contribution is -2.36.